The van der Waals surface area contributed by atoms with E-state index in [-0.39, 0.29) is 72.1 Å². The number of aromatic nitrogens is 1. The fraction of sp³-hybridized carbons (Fsp3) is 0.447. The third kappa shape index (κ3) is 8.78. The van der Waals surface area contributed by atoms with Crippen LogP contribution in [-0.2, 0) is 30.8 Å². The maximum atomic E-state index is 14.0. The number of carbonyl (C=O) groups excluding carboxylic acids is 5. The average molecular weight is 764 g/mol. The second-order valence-corrected chi connectivity index (χ2v) is 13.1. The number of methoxy groups -OCH3 is 2. The van der Waals surface area contributed by atoms with E-state index in [1.54, 1.807) is 30.3 Å². The summed E-state index contributed by atoms with van der Waals surface area (Å²) < 4.78 is 41.4. The van der Waals surface area contributed by atoms with Crippen LogP contribution in [-0.4, -0.2) is 98.4 Å². The molecule has 1 aromatic carbocycles. The smallest absolute Gasteiger partial charge is 0.416 e. The predicted octanol–water partition coefficient (Wildman–Crippen LogP) is 5.08. The number of rotatable bonds is 14. The lowest BCUT2D eigenvalue weighted by molar-refractivity contribution is -0.195. The van der Waals surface area contributed by atoms with Gasteiger partial charge in [0.25, 0.3) is 11.8 Å². The fourth-order valence-electron chi connectivity index (χ4n) is 6.80. The molecule has 1 unspecified atom stereocenters. The summed E-state index contributed by atoms with van der Waals surface area (Å²) in [6.07, 6.45) is 4.95. The molecule has 5 heterocycles. The summed E-state index contributed by atoms with van der Waals surface area (Å²) in [7, 11) is 4.35. The van der Waals surface area contributed by atoms with E-state index in [2.05, 4.69) is 17.2 Å². The molecule has 2 N–H and O–H groups in total. The van der Waals surface area contributed by atoms with E-state index in [1.165, 1.54) is 48.0 Å². The van der Waals surface area contributed by atoms with Gasteiger partial charge in [-0.15, -0.1) is 0 Å². The van der Waals surface area contributed by atoms with Crippen molar-refractivity contribution in [1.82, 2.24) is 9.47 Å². The van der Waals surface area contributed by atoms with Gasteiger partial charge in [-0.3, -0.25) is 19.7 Å². The minimum Gasteiger partial charge on any atom is -0.493 e. The van der Waals surface area contributed by atoms with Gasteiger partial charge in [-0.2, -0.15) is 0 Å². The van der Waals surface area contributed by atoms with Gasteiger partial charge in [-0.25, -0.2) is 14.5 Å². The number of hydrogen-bond donors (Lipinski definition) is 2. The van der Waals surface area contributed by atoms with Gasteiger partial charge in [0.1, 0.15) is 12.3 Å². The molecule has 2 saturated heterocycles. The van der Waals surface area contributed by atoms with Crippen LogP contribution < -0.4 is 25.0 Å². The number of amides is 4. The van der Waals surface area contributed by atoms with E-state index in [0.717, 1.165) is 19.3 Å². The van der Waals surface area contributed by atoms with Crippen molar-refractivity contribution < 1.29 is 56.8 Å². The molecule has 0 aliphatic carbocycles. The van der Waals surface area contributed by atoms with E-state index in [0.29, 0.717) is 31.7 Å². The van der Waals surface area contributed by atoms with Crippen LogP contribution in [0.3, 0.4) is 0 Å². The highest BCUT2D eigenvalue weighted by molar-refractivity contribution is 6.06. The number of nitrogens with one attached hydrogen (secondary N) is 2. The Morgan fingerprint density at radius 3 is 2.62 bits per heavy atom. The zero-order valence-electron chi connectivity index (χ0n) is 31.0. The molecule has 294 valence electrons. The number of ether oxygens (including phenoxy) is 6. The first kappa shape index (κ1) is 38.9. The quantitative estimate of drug-likeness (QED) is 0.126. The van der Waals surface area contributed by atoms with E-state index in [9.17, 15) is 24.0 Å². The van der Waals surface area contributed by atoms with Crippen molar-refractivity contribution in [3.8, 4) is 11.5 Å². The van der Waals surface area contributed by atoms with Gasteiger partial charge >= 0.3 is 12.1 Å². The van der Waals surface area contributed by atoms with Crippen LogP contribution in [0.4, 0.5) is 22.1 Å². The summed E-state index contributed by atoms with van der Waals surface area (Å²) in [5.41, 5.74) is 1.06. The predicted molar refractivity (Wildman–Crippen MR) is 196 cm³/mol. The lowest BCUT2D eigenvalue weighted by atomic mass is 10.1. The Hall–Kier alpha value is -5.81. The number of hydrogen-bond acceptors (Lipinski definition) is 12. The summed E-state index contributed by atoms with van der Waals surface area (Å²) in [6.45, 7) is 4.69. The van der Waals surface area contributed by atoms with Gasteiger partial charge in [0.2, 0.25) is 5.91 Å². The van der Waals surface area contributed by atoms with Crippen molar-refractivity contribution in [3.63, 3.8) is 0 Å². The number of carbonyl (C=O) groups is 5. The lowest BCUT2D eigenvalue weighted by Gasteiger charge is -2.38. The number of aryl methyl sites for hydroxylation is 1. The molecule has 3 aliphatic heterocycles. The summed E-state index contributed by atoms with van der Waals surface area (Å²) in [4.78, 5) is 68.3. The molecule has 4 amide bonds. The topological polar surface area (TPSA) is 189 Å². The summed E-state index contributed by atoms with van der Waals surface area (Å²) in [5.74, 6) is -1.29. The van der Waals surface area contributed by atoms with Crippen LogP contribution in [0.1, 0.15) is 76.3 Å². The number of nitrogens with zero attached hydrogens (tertiary/aromatic N) is 3. The number of anilines is 3. The average Bonchev–Trinajstić information content (AvgIpc) is 3.94. The Labute approximate surface area is 317 Å². The highest BCUT2D eigenvalue weighted by Gasteiger charge is 2.47. The van der Waals surface area contributed by atoms with Gasteiger partial charge < -0.3 is 47.6 Å². The molecule has 0 radical (unpaired) electrons. The van der Waals surface area contributed by atoms with E-state index >= 15 is 0 Å². The van der Waals surface area contributed by atoms with Crippen molar-refractivity contribution in [3.05, 3.63) is 66.2 Å². The summed E-state index contributed by atoms with van der Waals surface area (Å²) in [5, 5.41) is 5.26. The van der Waals surface area contributed by atoms with E-state index < -0.39 is 42.4 Å². The van der Waals surface area contributed by atoms with Crippen molar-refractivity contribution in [1.29, 1.82) is 0 Å². The number of furan rings is 1. The lowest BCUT2D eigenvalue weighted by Crippen LogP contribution is -2.54. The minimum atomic E-state index is -0.899. The molecular formula is C38H45N5O12. The van der Waals surface area contributed by atoms with Gasteiger partial charge in [0.15, 0.2) is 35.7 Å². The van der Waals surface area contributed by atoms with Crippen molar-refractivity contribution in [2.75, 3.05) is 56.1 Å². The maximum Gasteiger partial charge on any atom is 0.416 e. The van der Waals surface area contributed by atoms with E-state index in [1.807, 2.05) is 0 Å². The normalized spacial score (nSPS) is 19.1. The van der Waals surface area contributed by atoms with Crippen molar-refractivity contribution in [2.45, 2.75) is 63.5 Å². The number of benzene rings is 1. The van der Waals surface area contributed by atoms with Gasteiger partial charge in [0, 0.05) is 44.9 Å². The number of esters is 1. The van der Waals surface area contributed by atoms with Crippen LogP contribution in [0.25, 0.3) is 0 Å². The van der Waals surface area contributed by atoms with Crippen LogP contribution in [0.5, 0.6) is 11.5 Å². The molecular weight excluding hydrogens is 718 g/mol. The third-order valence-corrected chi connectivity index (χ3v) is 9.42. The Bertz CT molecular complexity index is 1910. The molecule has 17 nitrogen and oxygen atoms in total. The molecule has 6 rings (SSSR count). The largest absolute Gasteiger partial charge is 0.493 e. The Morgan fingerprint density at radius 1 is 1.04 bits per heavy atom. The molecule has 55 heavy (non-hydrogen) atoms. The van der Waals surface area contributed by atoms with Gasteiger partial charge in [-0.05, 0) is 56.7 Å². The van der Waals surface area contributed by atoms with Crippen LogP contribution >= 0.6 is 0 Å². The van der Waals surface area contributed by atoms with Crippen LogP contribution in [0, 0.1) is 0 Å². The first-order valence-electron chi connectivity index (χ1n) is 18.1. The first-order chi connectivity index (χ1) is 26.6. The highest BCUT2D eigenvalue weighted by atomic mass is 16.7. The maximum absolute atomic E-state index is 14.0. The standard InChI is InChI=1S/C38H45N5O12/c1-5-16-53-38(48)43-26-21-30(29(49-3)20-24(26)35(46)42-15-8-10-25(42)36(43)55-33-12-6-7-17-52-33)51-18-9-11-31(44)40-32-14-13-28(54-32)34(45)39-23-19-27(37(47)50-4)41(2)22-23/h5,13-14,19-22,25,33,36H,1,6-12,15-18H2,2-4H3,(H,39,45)(H,40,44)/t25-,33?,36-/m0/s1. The Kier molecular flexibility index (Phi) is 12.4. The molecule has 17 heteroatoms. The van der Waals surface area contributed by atoms with Crippen molar-refractivity contribution >= 4 is 47.0 Å². The molecule has 2 aromatic heterocycles. The molecule has 0 spiro atoms. The fourth-order valence-corrected chi connectivity index (χ4v) is 6.80. The second-order valence-electron chi connectivity index (χ2n) is 13.1. The molecule has 3 aliphatic rings. The summed E-state index contributed by atoms with van der Waals surface area (Å²) >= 11 is 0. The van der Waals surface area contributed by atoms with Crippen LogP contribution in [0.2, 0.25) is 0 Å². The Morgan fingerprint density at radius 2 is 1.87 bits per heavy atom. The van der Waals surface area contributed by atoms with Gasteiger partial charge in [-0.1, -0.05) is 12.7 Å². The van der Waals surface area contributed by atoms with Crippen LogP contribution in [0.15, 0.2) is 53.6 Å². The highest BCUT2D eigenvalue weighted by Crippen LogP contribution is 2.42. The third-order valence-electron chi connectivity index (χ3n) is 9.42. The van der Waals surface area contributed by atoms with Gasteiger partial charge in [0.05, 0.1) is 43.8 Å². The first-order valence-corrected chi connectivity index (χ1v) is 18.1. The number of fused-ring (bicyclic) bond motifs is 2. The second kappa shape index (κ2) is 17.6. The molecule has 0 bridgehead atoms. The summed E-state index contributed by atoms with van der Waals surface area (Å²) in [6, 6.07) is 6.98. The monoisotopic (exact) mass is 763 g/mol. The molecule has 3 atom stereocenters. The zero-order chi connectivity index (χ0) is 39.1. The Balaban J connectivity index is 1.12. The SMILES string of the molecule is C=CCOC(=O)N1c2cc(OCCCC(=O)Nc3ccc(C(=O)Nc4cc(C(=O)OC)n(C)c4)o3)c(OC)cc2C(=O)N2CCC[C@H]2[C@@H]1OC1CCCCO1. The molecule has 2 fully saturated rings. The molecule has 0 saturated carbocycles. The zero-order valence-corrected chi connectivity index (χ0v) is 31.0. The van der Waals surface area contributed by atoms with Crippen molar-refractivity contribution in [2.24, 2.45) is 7.05 Å². The molecule has 3 aromatic rings. The van der Waals surface area contributed by atoms with E-state index in [4.69, 9.17) is 32.8 Å². The minimum absolute atomic E-state index is 0.0300.